The predicted octanol–water partition coefficient (Wildman–Crippen LogP) is 7.29. The molecule has 1 N–H and O–H groups in total. The Morgan fingerprint density at radius 3 is 2.29 bits per heavy atom. The molecule has 186 valence electrons. The van der Waals surface area contributed by atoms with Crippen molar-refractivity contribution in [2.75, 3.05) is 31.2 Å². The van der Waals surface area contributed by atoms with Gasteiger partial charge in [-0.05, 0) is 104 Å². The molecule has 35 heavy (non-hydrogen) atoms. The Kier molecular flexibility index (Phi) is 12.3. The number of anilines is 1. The zero-order valence-electron chi connectivity index (χ0n) is 18.3. The molecule has 0 aliphatic rings. The molecule has 0 spiro atoms. The van der Waals surface area contributed by atoms with Crippen molar-refractivity contribution in [2.24, 2.45) is 0 Å². The molecule has 3 rings (SSSR count). The van der Waals surface area contributed by atoms with Crippen LogP contribution in [0.15, 0.2) is 66.7 Å². The van der Waals surface area contributed by atoms with Crippen molar-refractivity contribution < 1.29 is 19.4 Å². The number of aliphatic hydroxyl groups is 1. The van der Waals surface area contributed by atoms with E-state index in [1.54, 1.807) is 6.07 Å². The standard InChI is InChI=1S/C25H22BrClI3NO4/c26-23(16-5-2-1-3-6-16)25(33)35-12-10-31(19-8-4-7-17(27)13-19)9-11-34-24(32)22-20(29)14-18(28)15-21(22)30/h1-8,13-15,23,25,33H,9-12H2. The van der Waals surface area contributed by atoms with Gasteiger partial charge in [0, 0.05) is 28.0 Å². The number of esters is 1. The summed E-state index contributed by atoms with van der Waals surface area (Å²) in [5.41, 5.74) is 2.39. The Morgan fingerprint density at radius 1 is 0.971 bits per heavy atom. The highest BCUT2D eigenvalue weighted by molar-refractivity contribution is 14.1. The molecule has 0 fully saturated rings. The predicted molar refractivity (Wildman–Crippen MR) is 169 cm³/mol. The van der Waals surface area contributed by atoms with Gasteiger partial charge in [0.1, 0.15) is 6.61 Å². The maximum atomic E-state index is 12.7. The smallest absolute Gasteiger partial charge is 0.340 e. The summed E-state index contributed by atoms with van der Waals surface area (Å²) < 4.78 is 14.1. The van der Waals surface area contributed by atoms with E-state index in [0.717, 1.165) is 22.0 Å². The molecule has 0 amide bonds. The van der Waals surface area contributed by atoms with Crippen molar-refractivity contribution >= 4 is 107 Å². The van der Waals surface area contributed by atoms with Gasteiger partial charge < -0.3 is 19.5 Å². The lowest BCUT2D eigenvalue weighted by Crippen LogP contribution is -2.33. The summed E-state index contributed by atoms with van der Waals surface area (Å²) in [6.45, 7) is 1.38. The first-order chi connectivity index (χ1) is 16.8. The van der Waals surface area contributed by atoms with Gasteiger partial charge in [0.15, 0.2) is 6.29 Å². The maximum absolute atomic E-state index is 12.7. The third kappa shape index (κ3) is 8.95. The zero-order valence-corrected chi connectivity index (χ0v) is 27.2. The molecule has 2 unspecified atom stereocenters. The molecular weight excluding hydrogens is 874 g/mol. The quantitative estimate of drug-likeness (QED) is 0.0950. The van der Waals surface area contributed by atoms with Crippen LogP contribution in [0.25, 0.3) is 0 Å². The van der Waals surface area contributed by atoms with Gasteiger partial charge in [-0.15, -0.1) is 0 Å². The normalized spacial score (nSPS) is 12.7. The fourth-order valence-electron chi connectivity index (χ4n) is 3.27. The average Bonchev–Trinajstić information content (AvgIpc) is 2.82. The van der Waals surface area contributed by atoms with Gasteiger partial charge in [0.05, 0.1) is 23.5 Å². The fourth-order valence-corrected chi connectivity index (χ4v) is 7.94. The molecule has 0 heterocycles. The second-order valence-electron chi connectivity index (χ2n) is 7.42. The Bertz CT molecular complexity index is 1120. The van der Waals surface area contributed by atoms with E-state index >= 15 is 0 Å². The topological polar surface area (TPSA) is 59.0 Å². The van der Waals surface area contributed by atoms with E-state index in [0.29, 0.717) is 23.7 Å². The Labute approximate surface area is 259 Å². The number of carbonyl (C=O) groups excluding carboxylic acids is 1. The summed E-state index contributed by atoms with van der Waals surface area (Å²) in [5, 5.41) is 11.1. The molecule has 10 heteroatoms. The lowest BCUT2D eigenvalue weighted by atomic mass is 10.1. The van der Waals surface area contributed by atoms with E-state index in [2.05, 4.69) is 83.7 Å². The van der Waals surface area contributed by atoms with Gasteiger partial charge in [-0.3, -0.25) is 0 Å². The van der Waals surface area contributed by atoms with E-state index in [9.17, 15) is 9.90 Å². The molecule has 0 saturated heterocycles. The maximum Gasteiger partial charge on any atom is 0.340 e. The van der Waals surface area contributed by atoms with Crippen LogP contribution in [-0.4, -0.2) is 43.7 Å². The molecule has 3 aromatic rings. The Balaban J connectivity index is 1.60. The number of halogens is 5. The molecule has 0 radical (unpaired) electrons. The van der Waals surface area contributed by atoms with E-state index < -0.39 is 6.29 Å². The van der Waals surface area contributed by atoms with E-state index in [1.165, 1.54) is 0 Å². The number of ether oxygens (including phenoxy) is 2. The number of carbonyl (C=O) groups is 1. The minimum absolute atomic E-state index is 0.192. The van der Waals surface area contributed by atoms with Crippen molar-refractivity contribution in [3.05, 3.63) is 93.6 Å². The highest BCUT2D eigenvalue weighted by Gasteiger charge is 2.20. The minimum atomic E-state index is -1.01. The second-order valence-corrected chi connectivity index (χ2v) is 12.4. The number of rotatable bonds is 11. The third-order valence-corrected chi connectivity index (χ3v) is 8.54. The highest BCUT2D eigenvalue weighted by Crippen LogP contribution is 2.27. The van der Waals surface area contributed by atoms with Gasteiger partial charge in [0.2, 0.25) is 0 Å². The molecule has 0 aromatic heterocycles. The number of hydrogen-bond acceptors (Lipinski definition) is 5. The van der Waals surface area contributed by atoms with Crippen LogP contribution < -0.4 is 4.90 Å². The van der Waals surface area contributed by atoms with Crippen LogP contribution in [0.4, 0.5) is 5.69 Å². The van der Waals surface area contributed by atoms with Crippen LogP contribution in [0.5, 0.6) is 0 Å². The minimum Gasteiger partial charge on any atom is -0.460 e. The van der Waals surface area contributed by atoms with Crippen LogP contribution in [0, 0.1) is 10.7 Å². The monoisotopic (exact) mass is 895 g/mol. The first kappa shape index (κ1) is 29.4. The van der Waals surface area contributed by atoms with E-state index in [-0.39, 0.29) is 24.0 Å². The number of nitrogens with zero attached hydrogens (tertiary/aromatic N) is 1. The highest BCUT2D eigenvalue weighted by atomic mass is 127. The summed E-state index contributed by atoms with van der Waals surface area (Å²) in [7, 11) is 0. The van der Waals surface area contributed by atoms with Gasteiger partial charge in [-0.2, -0.15) is 0 Å². The van der Waals surface area contributed by atoms with Crippen molar-refractivity contribution in [3.63, 3.8) is 0 Å². The van der Waals surface area contributed by atoms with Gasteiger partial charge in [0.25, 0.3) is 0 Å². The SMILES string of the molecule is O=C(OCCN(CCOC(O)C(Br)c1ccccc1)c1cccc(Cl)c1)c1c(I)cc(I)cc1I. The van der Waals surface area contributed by atoms with Crippen LogP contribution in [0.3, 0.4) is 0 Å². The molecule has 0 aliphatic heterocycles. The molecule has 5 nitrogen and oxygen atoms in total. The van der Waals surface area contributed by atoms with Crippen LogP contribution in [0.2, 0.25) is 5.02 Å². The largest absolute Gasteiger partial charge is 0.460 e. The number of aliphatic hydroxyl groups excluding tert-OH is 1. The first-order valence-corrected chi connectivity index (χ1v) is 15.1. The summed E-state index contributed by atoms with van der Waals surface area (Å²) in [6, 6.07) is 21.0. The molecular formula is C25H22BrClI3NO4. The molecule has 0 bridgehead atoms. The molecule has 0 saturated carbocycles. The molecule has 0 aliphatic carbocycles. The van der Waals surface area contributed by atoms with Gasteiger partial charge in [-0.25, -0.2) is 4.79 Å². The van der Waals surface area contributed by atoms with Gasteiger partial charge >= 0.3 is 5.97 Å². The summed E-state index contributed by atoms with van der Waals surface area (Å²) >= 11 is 16.3. The van der Waals surface area contributed by atoms with Crippen molar-refractivity contribution in [2.45, 2.75) is 11.1 Å². The van der Waals surface area contributed by atoms with Crippen molar-refractivity contribution in [1.82, 2.24) is 0 Å². The number of alkyl halides is 1. The van der Waals surface area contributed by atoms with Gasteiger partial charge in [-0.1, -0.05) is 63.9 Å². The average molecular weight is 897 g/mol. The van der Waals surface area contributed by atoms with E-state index in [4.69, 9.17) is 21.1 Å². The third-order valence-electron chi connectivity index (χ3n) is 5.00. The zero-order chi connectivity index (χ0) is 25.4. The van der Waals surface area contributed by atoms with E-state index in [1.807, 2.05) is 65.6 Å². The lowest BCUT2D eigenvalue weighted by molar-refractivity contribution is -0.0956. The van der Waals surface area contributed by atoms with Crippen molar-refractivity contribution in [3.8, 4) is 0 Å². The van der Waals surface area contributed by atoms with Crippen LogP contribution in [-0.2, 0) is 9.47 Å². The summed E-state index contributed by atoms with van der Waals surface area (Å²) in [6.07, 6.45) is -1.01. The Hall–Kier alpha value is -0.190. The lowest BCUT2D eigenvalue weighted by Gasteiger charge is -2.26. The van der Waals surface area contributed by atoms with Crippen LogP contribution >= 0.6 is 95.3 Å². The molecule has 3 aromatic carbocycles. The fraction of sp³-hybridized carbons (Fsp3) is 0.240. The first-order valence-electron chi connectivity index (χ1n) is 10.6. The second kappa shape index (κ2) is 14.7. The number of hydrogen-bond donors (Lipinski definition) is 1. The van der Waals surface area contributed by atoms with Crippen LogP contribution in [0.1, 0.15) is 20.7 Å². The van der Waals surface area contributed by atoms with Crippen molar-refractivity contribution in [1.29, 1.82) is 0 Å². The summed E-state index contributed by atoms with van der Waals surface area (Å²) in [5.74, 6) is -0.349. The molecule has 2 atom stereocenters. The number of benzene rings is 3. The Morgan fingerprint density at radius 2 is 1.63 bits per heavy atom. The summed E-state index contributed by atoms with van der Waals surface area (Å²) in [4.78, 5) is 14.4.